The molecule has 0 aliphatic heterocycles. The van der Waals surface area contributed by atoms with Gasteiger partial charge in [0.1, 0.15) is 19.3 Å². The van der Waals surface area contributed by atoms with E-state index in [0.717, 1.165) is 114 Å². The summed E-state index contributed by atoms with van der Waals surface area (Å²) in [6.07, 6.45) is 54.3. The quantitative estimate of drug-likeness (QED) is 0.0222. The predicted octanol–water partition coefficient (Wildman–Crippen LogP) is 23.2. The minimum Gasteiger partial charge on any atom is -0.462 e. The number of phosphoric ester groups is 2. The average Bonchev–Trinajstić information content (AvgIpc) is 0.980. The van der Waals surface area contributed by atoms with Crippen molar-refractivity contribution in [3.05, 3.63) is 0 Å². The van der Waals surface area contributed by atoms with Crippen LogP contribution >= 0.6 is 15.6 Å². The lowest BCUT2D eigenvalue weighted by Gasteiger charge is -2.21. The second kappa shape index (κ2) is 68.2. The molecule has 0 aliphatic carbocycles. The zero-order valence-corrected chi connectivity index (χ0v) is 66.2. The zero-order chi connectivity index (χ0) is 72.4. The van der Waals surface area contributed by atoms with E-state index in [2.05, 4.69) is 55.4 Å². The Hall–Kier alpha value is -1.94. The maximum atomic E-state index is 13.1. The van der Waals surface area contributed by atoms with Crippen LogP contribution in [0, 0.1) is 23.7 Å². The Balaban J connectivity index is 5.23. The topological polar surface area (TPSA) is 237 Å². The van der Waals surface area contributed by atoms with Gasteiger partial charge in [0.15, 0.2) is 12.2 Å². The molecule has 0 aromatic heterocycles. The second-order valence-corrected chi connectivity index (χ2v) is 33.3. The summed E-state index contributed by atoms with van der Waals surface area (Å²) in [6.45, 7) is 14.2. The van der Waals surface area contributed by atoms with Gasteiger partial charge in [0.2, 0.25) is 0 Å². The van der Waals surface area contributed by atoms with E-state index in [-0.39, 0.29) is 25.7 Å². The Morgan fingerprint density at radius 3 is 0.633 bits per heavy atom. The molecule has 0 heterocycles. The maximum absolute atomic E-state index is 13.1. The van der Waals surface area contributed by atoms with Crippen LogP contribution in [0.25, 0.3) is 0 Å². The average molecular weight is 1440 g/mol. The molecule has 5 atom stereocenters. The number of rotatable bonds is 76. The molecule has 19 heteroatoms. The number of hydrogen-bond acceptors (Lipinski definition) is 15. The molecule has 0 aromatic carbocycles. The summed E-state index contributed by atoms with van der Waals surface area (Å²) in [6, 6.07) is 0. The van der Waals surface area contributed by atoms with Crippen LogP contribution in [-0.2, 0) is 65.4 Å². The van der Waals surface area contributed by atoms with E-state index in [1.807, 2.05) is 0 Å². The molecule has 0 saturated carbocycles. The highest BCUT2D eigenvalue weighted by Crippen LogP contribution is 2.45. The van der Waals surface area contributed by atoms with Crippen LogP contribution in [0.5, 0.6) is 0 Å². The van der Waals surface area contributed by atoms with Gasteiger partial charge in [0.25, 0.3) is 0 Å². The van der Waals surface area contributed by atoms with Gasteiger partial charge >= 0.3 is 39.5 Å². The van der Waals surface area contributed by atoms with Crippen LogP contribution in [0.3, 0.4) is 0 Å². The standard InChI is InChI=1S/C79H154O17P2/c1-69(2)55-47-39-31-25-19-15-11-9-10-12-18-22-29-35-45-53-61-78(83)95-74(65-89-76(81)59-51-43-34-28-21-17-14-13-16-20-26-32-40-48-56-70(3)4)67-93-97(85,86)91-63-73(80)64-92-98(87,88)94-68-75(66-90-77(82)60-52-44-38-37-42-50-58-72(7)8)96-79(84)62-54-46-36-30-24-23-27-33-41-49-57-71(5)6/h69-75,80H,9-68H2,1-8H3,(H,85,86)(H,87,88)/t73-,74-,75-/m1/s1. The molecule has 0 rings (SSSR count). The lowest BCUT2D eigenvalue weighted by Crippen LogP contribution is -2.30. The second-order valence-electron chi connectivity index (χ2n) is 30.4. The summed E-state index contributed by atoms with van der Waals surface area (Å²) in [5.74, 6) is 0.921. The molecule has 98 heavy (non-hydrogen) atoms. The molecule has 0 bridgehead atoms. The van der Waals surface area contributed by atoms with Crippen LogP contribution in [-0.4, -0.2) is 96.7 Å². The Morgan fingerprint density at radius 1 is 0.255 bits per heavy atom. The van der Waals surface area contributed by atoms with Crippen LogP contribution in [0.2, 0.25) is 0 Å². The summed E-state index contributed by atoms with van der Waals surface area (Å²) in [5.41, 5.74) is 0. The van der Waals surface area contributed by atoms with Gasteiger partial charge in [-0.2, -0.15) is 0 Å². The van der Waals surface area contributed by atoms with Crippen molar-refractivity contribution < 1.29 is 80.2 Å². The fourth-order valence-electron chi connectivity index (χ4n) is 12.1. The van der Waals surface area contributed by atoms with E-state index in [0.29, 0.717) is 31.6 Å². The number of aliphatic hydroxyl groups is 1. The van der Waals surface area contributed by atoms with Crippen molar-refractivity contribution >= 4 is 39.5 Å². The first-order valence-electron chi connectivity index (χ1n) is 40.7. The lowest BCUT2D eigenvalue weighted by molar-refractivity contribution is -0.161. The number of hydrogen-bond donors (Lipinski definition) is 3. The fraction of sp³-hybridized carbons (Fsp3) is 0.949. The van der Waals surface area contributed by atoms with E-state index in [1.165, 1.54) is 199 Å². The van der Waals surface area contributed by atoms with Crippen molar-refractivity contribution in [2.24, 2.45) is 23.7 Å². The van der Waals surface area contributed by atoms with E-state index in [1.54, 1.807) is 0 Å². The number of ether oxygens (including phenoxy) is 4. The molecule has 582 valence electrons. The molecule has 3 N–H and O–H groups in total. The van der Waals surface area contributed by atoms with Gasteiger partial charge in [-0.05, 0) is 49.4 Å². The van der Waals surface area contributed by atoms with E-state index < -0.39 is 97.5 Å². The lowest BCUT2D eigenvalue weighted by atomic mass is 10.0. The minimum atomic E-state index is -4.96. The summed E-state index contributed by atoms with van der Waals surface area (Å²) in [7, 11) is -9.92. The van der Waals surface area contributed by atoms with E-state index in [4.69, 9.17) is 37.0 Å². The first-order valence-corrected chi connectivity index (χ1v) is 43.7. The molecule has 0 radical (unpaired) electrons. The van der Waals surface area contributed by atoms with Crippen LogP contribution in [0.15, 0.2) is 0 Å². The van der Waals surface area contributed by atoms with Gasteiger partial charge in [-0.15, -0.1) is 0 Å². The highest BCUT2D eigenvalue weighted by atomic mass is 31.2. The van der Waals surface area contributed by atoms with Crippen molar-refractivity contribution in [2.45, 2.75) is 420 Å². The minimum absolute atomic E-state index is 0.105. The van der Waals surface area contributed by atoms with Gasteiger partial charge in [0, 0.05) is 25.7 Å². The van der Waals surface area contributed by atoms with E-state index >= 15 is 0 Å². The summed E-state index contributed by atoms with van der Waals surface area (Å²) in [4.78, 5) is 72.9. The third-order valence-corrected chi connectivity index (χ3v) is 20.2. The molecule has 0 amide bonds. The Morgan fingerprint density at radius 2 is 0.429 bits per heavy atom. The number of phosphoric acid groups is 2. The molecular weight excluding hydrogens is 1280 g/mol. The first kappa shape index (κ1) is 96.1. The summed E-state index contributed by atoms with van der Waals surface area (Å²) in [5, 5.41) is 10.6. The molecule has 0 saturated heterocycles. The molecule has 0 spiro atoms. The van der Waals surface area contributed by atoms with Crippen LogP contribution in [0.1, 0.15) is 402 Å². The SMILES string of the molecule is CC(C)CCCCCCCCCCCCCCCCCCC(=O)O[C@H](COC(=O)CCCCCCCCCCCCCCCCC(C)C)COP(=O)(O)OC[C@@H](O)COP(=O)(O)OC[C@@H](COC(=O)CCCCCCCCC(C)C)OC(=O)CCCCCCCCCCCCC(C)C. The van der Waals surface area contributed by atoms with Crippen molar-refractivity contribution in [1.29, 1.82) is 0 Å². The number of unbranched alkanes of at least 4 members (excludes halogenated alkanes) is 42. The highest BCUT2D eigenvalue weighted by Gasteiger charge is 2.30. The van der Waals surface area contributed by atoms with Crippen molar-refractivity contribution in [1.82, 2.24) is 0 Å². The molecule has 0 aliphatic rings. The first-order chi connectivity index (χ1) is 47.1. The summed E-state index contributed by atoms with van der Waals surface area (Å²) < 4.78 is 68.6. The number of esters is 4. The largest absolute Gasteiger partial charge is 0.472 e. The van der Waals surface area contributed by atoms with Gasteiger partial charge in [0.05, 0.1) is 26.4 Å². The molecule has 2 unspecified atom stereocenters. The number of aliphatic hydroxyl groups excluding tert-OH is 1. The predicted molar refractivity (Wildman–Crippen MR) is 400 cm³/mol. The van der Waals surface area contributed by atoms with Gasteiger partial charge < -0.3 is 33.8 Å². The van der Waals surface area contributed by atoms with Gasteiger partial charge in [-0.1, -0.05) is 351 Å². The molecule has 0 fully saturated rings. The third-order valence-electron chi connectivity index (χ3n) is 18.3. The van der Waals surface area contributed by atoms with E-state index in [9.17, 15) is 43.2 Å². The monoisotopic (exact) mass is 1440 g/mol. The smallest absolute Gasteiger partial charge is 0.462 e. The Kier molecular flexibility index (Phi) is 66.8. The summed E-state index contributed by atoms with van der Waals surface area (Å²) >= 11 is 0. The zero-order valence-electron chi connectivity index (χ0n) is 64.4. The molecular formula is C79H154O17P2. The van der Waals surface area contributed by atoms with Crippen molar-refractivity contribution in [3.8, 4) is 0 Å². The maximum Gasteiger partial charge on any atom is 0.472 e. The molecule has 17 nitrogen and oxygen atoms in total. The third kappa shape index (κ3) is 72.4. The fourth-order valence-corrected chi connectivity index (χ4v) is 13.7. The van der Waals surface area contributed by atoms with Crippen molar-refractivity contribution in [3.63, 3.8) is 0 Å². The van der Waals surface area contributed by atoms with Crippen LogP contribution < -0.4 is 0 Å². The van der Waals surface area contributed by atoms with Crippen molar-refractivity contribution in [2.75, 3.05) is 39.6 Å². The molecule has 0 aromatic rings. The normalized spacial score (nSPS) is 14.1. The number of carbonyl (C=O) groups is 4. The van der Waals surface area contributed by atoms with Gasteiger partial charge in [-0.25, -0.2) is 9.13 Å². The number of carbonyl (C=O) groups excluding carboxylic acids is 4. The Labute approximate surface area is 600 Å². The Bertz CT molecular complexity index is 1920. The van der Waals surface area contributed by atoms with Gasteiger partial charge in [-0.3, -0.25) is 37.3 Å². The van der Waals surface area contributed by atoms with Crippen LogP contribution in [0.4, 0.5) is 0 Å². The highest BCUT2D eigenvalue weighted by molar-refractivity contribution is 7.47.